The van der Waals surface area contributed by atoms with Crippen molar-refractivity contribution in [2.24, 2.45) is 0 Å². The highest BCUT2D eigenvalue weighted by atomic mass is 16.8. The van der Waals surface area contributed by atoms with Crippen molar-refractivity contribution in [3.63, 3.8) is 0 Å². The zero-order valence-corrected chi connectivity index (χ0v) is 7.24. The van der Waals surface area contributed by atoms with E-state index >= 15 is 0 Å². The van der Waals surface area contributed by atoms with Gasteiger partial charge in [-0.15, -0.1) is 0 Å². The minimum absolute atomic E-state index is 0.00537. The van der Waals surface area contributed by atoms with E-state index in [9.17, 15) is 9.59 Å². The van der Waals surface area contributed by atoms with Crippen LogP contribution in [0.4, 0.5) is 4.79 Å². The van der Waals surface area contributed by atoms with Crippen LogP contribution in [0.25, 0.3) is 0 Å². The van der Waals surface area contributed by atoms with Crippen LogP contribution in [-0.2, 0) is 19.0 Å². The van der Waals surface area contributed by atoms with Gasteiger partial charge in [-0.2, -0.15) is 0 Å². The molecule has 0 saturated carbocycles. The van der Waals surface area contributed by atoms with Crippen LogP contribution in [0.15, 0.2) is 12.7 Å². The van der Waals surface area contributed by atoms with Crippen LogP contribution in [0.2, 0.25) is 0 Å². The zero-order valence-electron chi connectivity index (χ0n) is 7.24. The highest BCUT2D eigenvalue weighted by Gasteiger charge is 2.36. The maximum Gasteiger partial charge on any atom is 0.508 e. The molecule has 0 aliphatic carbocycles. The first-order valence-electron chi connectivity index (χ1n) is 3.71. The summed E-state index contributed by atoms with van der Waals surface area (Å²) in [4.78, 5) is 21.3. The molecule has 0 aromatic carbocycles. The summed E-state index contributed by atoms with van der Waals surface area (Å²) in [7, 11) is 0. The largest absolute Gasteiger partial charge is 0.508 e. The molecule has 0 spiro atoms. The molecular formula is C8H10O5. The standard InChI is InChI=1S/C8H10O5/c1-3-6(9)13-8(2)4-11-7(10)12-5-8/h3H,1,4-5H2,2H3. The molecule has 0 amide bonds. The van der Waals surface area contributed by atoms with Crippen LogP contribution in [0, 0.1) is 0 Å². The van der Waals surface area contributed by atoms with E-state index in [-0.39, 0.29) is 13.2 Å². The molecule has 0 bridgehead atoms. The molecule has 0 radical (unpaired) electrons. The third kappa shape index (κ3) is 2.47. The molecular weight excluding hydrogens is 176 g/mol. The summed E-state index contributed by atoms with van der Waals surface area (Å²) in [5, 5.41) is 0. The maximum absolute atomic E-state index is 10.8. The van der Waals surface area contributed by atoms with Gasteiger partial charge in [0.25, 0.3) is 0 Å². The second kappa shape index (κ2) is 3.47. The van der Waals surface area contributed by atoms with Crippen LogP contribution in [0.5, 0.6) is 0 Å². The lowest BCUT2D eigenvalue weighted by molar-refractivity contribution is -0.171. The number of cyclic esters (lactones) is 2. The Morgan fingerprint density at radius 2 is 2.15 bits per heavy atom. The van der Waals surface area contributed by atoms with Crippen molar-refractivity contribution < 1.29 is 23.8 Å². The number of esters is 1. The first-order valence-corrected chi connectivity index (χ1v) is 3.71. The molecule has 0 unspecified atom stereocenters. The number of ether oxygens (including phenoxy) is 3. The number of carbonyl (C=O) groups is 2. The van der Waals surface area contributed by atoms with E-state index in [1.165, 1.54) is 0 Å². The second-order valence-corrected chi connectivity index (χ2v) is 2.90. The van der Waals surface area contributed by atoms with Crippen molar-refractivity contribution in [3.05, 3.63) is 12.7 Å². The number of carbonyl (C=O) groups excluding carboxylic acids is 2. The molecule has 0 aromatic heterocycles. The van der Waals surface area contributed by atoms with Crippen molar-refractivity contribution in [2.45, 2.75) is 12.5 Å². The Bertz CT molecular complexity index is 235. The third-order valence-corrected chi connectivity index (χ3v) is 1.50. The smallest absolute Gasteiger partial charge is 0.449 e. The minimum Gasteiger partial charge on any atom is -0.449 e. The molecule has 1 heterocycles. The van der Waals surface area contributed by atoms with Crippen LogP contribution < -0.4 is 0 Å². The summed E-state index contributed by atoms with van der Waals surface area (Å²) in [6.07, 6.45) is 0.300. The van der Waals surface area contributed by atoms with Crippen LogP contribution in [0.3, 0.4) is 0 Å². The lowest BCUT2D eigenvalue weighted by Gasteiger charge is -2.31. The van der Waals surface area contributed by atoms with Gasteiger partial charge in [0.2, 0.25) is 0 Å². The summed E-state index contributed by atoms with van der Waals surface area (Å²) in [5.74, 6) is -0.566. The van der Waals surface area contributed by atoms with E-state index in [0.29, 0.717) is 0 Å². The van der Waals surface area contributed by atoms with Crippen molar-refractivity contribution in [1.82, 2.24) is 0 Å². The SMILES string of the molecule is C=CC(=O)OC1(C)COC(=O)OC1. The molecule has 0 aromatic rings. The van der Waals surface area contributed by atoms with Gasteiger partial charge in [-0.3, -0.25) is 0 Å². The number of rotatable bonds is 2. The molecule has 13 heavy (non-hydrogen) atoms. The Morgan fingerprint density at radius 3 is 2.62 bits per heavy atom. The highest BCUT2D eigenvalue weighted by molar-refractivity contribution is 5.81. The predicted molar refractivity (Wildman–Crippen MR) is 42.0 cm³/mol. The fourth-order valence-corrected chi connectivity index (χ4v) is 0.850. The van der Waals surface area contributed by atoms with Gasteiger partial charge in [-0.05, 0) is 6.92 Å². The third-order valence-electron chi connectivity index (χ3n) is 1.50. The average molecular weight is 186 g/mol. The summed E-state index contributed by atoms with van der Waals surface area (Å²) >= 11 is 0. The van der Waals surface area contributed by atoms with Crippen molar-refractivity contribution >= 4 is 12.1 Å². The van der Waals surface area contributed by atoms with Crippen LogP contribution in [0.1, 0.15) is 6.92 Å². The fraction of sp³-hybridized carbons (Fsp3) is 0.500. The van der Waals surface area contributed by atoms with Gasteiger partial charge in [0.1, 0.15) is 13.2 Å². The van der Waals surface area contributed by atoms with Gasteiger partial charge in [0, 0.05) is 6.08 Å². The lowest BCUT2D eigenvalue weighted by atomic mass is 10.1. The molecule has 5 nitrogen and oxygen atoms in total. The van der Waals surface area contributed by atoms with Gasteiger partial charge in [-0.1, -0.05) is 6.58 Å². The topological polar surface area (TPSA) is 61.8 Å². The Kier molecular flexibility index (Phi) is 2.55. The first-order chi connectivity index (χ1) is 6.06. The molecule has 1 fully saturated rings. The van der Waals surface area contributed by atoms with Gasteiger partial charge in [-0.25, -0.2) is 9.59 Å². The van der Waals surface area contributed by atoms with Gasteiger partial charge in [0.05, 0.1) is 0 Å². The van der Waals surface area contributed by atoms with E-state index in [0.717, 1.165) is 6.08 Å². The predicted octanol–water partition coefficient (Wildman–Crippen LogP) is 0.641. The van der Waals surface area contributed by atoms with E-state index in [2.05, 4.69) is 16.1 Å². The fourth-order valence-electron chi connectivity index (χ4n) is 0.850. The molecule has 0 N–H and O–H groups in total. The van der Waals surface area contributed by atoms with Gasteiger partial charge in [0.15, 0.2) is 5.60 Å². The number of hydrogen-bond acceptors (Lipinski definition) is 5. The Labute approximate surface area is 75.3 Å². The molecule has 1 rings (SSSR count). The Hall–Kier alpha value is -1.52. The average Bonchev–Trinajstić information content (AvgIpc) is 2.10. The van der Waals surface area contributed by atoms with Gasteiger partial charge >= 0.3 is 12.1 Å². The summed E-state index contributed by atoms with van der Waals surface area (Å²) in [6, 6.07) is 0. The van der Waals surface area contributed by atoms with E-state index < -0.39 is 17.7 Å². The van der Waals surface area contributed by atoms with E-state index in [4.69, 9.17) is 4.74 Å². The highest BCUT2D eigenvalue weighted by Crippen LogP contribution is 2.17. The minimum atomic E-state index is -0.904. The Balaban J connectivity index is 2.52. The van der Waals surface area contributed by atoms with Crippen LogP contribution in [-0.4, -0.2) is 30.9 Å². The van der Waals surface area contributed by atoms with Crippen molar-refractivity contribution in [1.29, 1.82) is 0 Å². The van der Waals surface area contributed by atoms with Crippen molar-refractivity contribution in [2.75, 3.05) is 13.2 Å². The van der Waals surface area contributed by atoms with E-state index in [1.54, 1.807) is 6.92 Å². The molecule has 1 saturated heterocycles. The number of hydrogen-bond donors (Lipinski definition) is 0. The second-order valence-electron chi connectivity index (χ2n) is 2.90. The molecule has 72 valence electrons. The first kappa shape index (κ1) is 9.57. The van der Waals surface area contributed by atoms with Crippen LogP contribution >= 0.6 is 0 Å². The zero-order chi connectivity index (χ0) is 9.90. The molecule has 5 heteroatoms. The lowest BCUT2D eigenvalue weighted by Crippen LogP contribution is -2.46. The van der Waals surface area contributed by atoms with Crippen molar-refractivity contribution in [3.8, 4) is 0 Å². The normalized spacial score (nSPS) is 19.6. The monoisotopic (exact) mass is 186 g/mol. The van der Waals surface area contributed by atoms with Gasteiger partial charge < -0.3 is 14.2 Å². The maximum atomic E-state index is 10.8. The summed E-state index contributed by atoms with van der Waals surface area (Å²) in [6.45, 7) is 4.87. The summed E-state index contributed by atoms with van der Waals surface area (Å²) < 4.78 is 14.0. The quantitative estimate of drug-likeness (QED) is 0.467. The molecule has 1 aliphatic rings. The summed E-state index contributed by atoms with van der Waals surface area (Å²) in [5.41, 5.74) is -0.904. The molecule has 0 atom stereocenters. The molecule has 1 aliphatic heterocycles. The van der Waals surface area contributed by atoms with E-state index in [1.807, 2.05) is 0 Å². The Morgan fingerprint density at radius 1 is 1.62 bits per heavy atom.